The molecule has 4 heteroatoms. The number of halogens is 1. The van der Waals surface area contributed by atoms with Gasteiger partial charge >= 0.3 is 0 Å². The standard InChI is InChI=1S/C17H19FN2O/c1-11-5-4-6-14(12(11)2)10-19-17-9-15(20-13(3)21)7-8-16(17)18/h4-9,19H,10H2,1-3H3,(H,20,21). The summed E-state index contributed by atoms with van der Waals surface area (Å²) in [6.07, 6.45) is 0. The van der Waals surface area contributed by atoms with E-state index in [1.165, 1.54) is 24.1 Å². The molecule has 0 aliphatic carbocycles. The zero-order valence-corrected chi connectivity index (χ0v) is 12.5. The van der Waals surface area contributed by atoms with E-state index in [2.05, 4.69) is 30.5 Å². The van der Waals surface area contributed by atoms with Crippen molar-refractivity contribution in [3.8, 4) is 0 Å². The summed E-state index contributed by atoms with van der Waals surface area (Å²) in [5.74, 6) is -0.517. The molecule has 0 bridgehead atoms. The molecular weight excluding hydrogens is 267 g/mol. The summed E-state index contributed by atoms with van der Waals surface area (Å²) in [4.78, 5) is 11.0. The third kappa shape index (κ3) is 3.81. The minimum atomic E-state index is -0.339. The molecule has 110 valence electrons. The highest BCUT2D eigenvalue weighted by Crippen LogP contribution is 2.21. The van der Waals surface area contributed by atoms with Crippen LogP contribution >= 0.6 is 0 Å². The number of rotatable bonds is 4. The number of carbonyl (C=O) groups excluding carboxylic acids is 1. The van der Waals surface area contributed by atoms with Crippen LogP contribution in [0.4, 0.5) is 15.8 Å². The second-order valence-electron chi connectivity index (χ2n) is 5.09. The van der Waals surface area contributed by atoms with Crippen LogP contribution < -0.4 is 10.6 Å². The van der Waals surface area contributed by atoms with Gasteiger partial charge in [0.25, 0.3) is 0 Å². The Morgan fingerprint density at radius 1 is 1.19 bits per heavy atom. The van der Waals surface area contributed by atoms with Gasteiger partial charge in [-0.05, 0) is 48.7 Å². The van der Waals surface area contributed by atoms with Crippen LogP contribution in [0.5, 0.6) is 0 Å². The highest BCUT2D eigenvalue weighted by atomic mass is 19.1. The molecule has 0 heterocycles. The fourth-order valence-corrected chi connectivity index (χ4v) is 2.14. The Hall–Kier alpha value is -2.36. The number of aryl methyl sites for hydroxylation is 1. The predicted octanol–water partition coefficient (Wildman–Crippen LogP) is 4.01. The minimum Gasteiger partial charge on any atom is -0.379 e. The average Bonchev–Trinajstić information content (AvgIpc) is 2.43. The van der Waals surface area contributed by atoms with E-state index in [0.29, 0.717) is 17.9 Å². The molecule has 0 aliphatic heterocycles. The Labute approximate surface area is 124 Å². The number of nitrogens with one attached hydrogen (secondary N) is 2. The Morgan fingerprint density at radius 3 is 2.67 bits per heavy atom. The lowest BCUT2D eigenvalue weighted by atomic mass is 10.0. The zero-order chi connectivity index (χ0) is 15.4. The molecule has 0 saturated carbocycles. The van der Waals surface area contributed by atoms with Gasteiger partial charge in [0, 0.05) is 19.2 Å². The number of benzene rings is 2. The van der Waals surface area contributed by atoms with E-state index in [4.69, 9.17) is 0 Å². The van der Waals surface area contributed by atoms with Gasteiger partial charge in [0.15, 0.2) is 0 Å². The van der Waals surface area contributed by atoms with E-state index in [0.717, 1.165) is 5.56 Å². The van der Waals surface area contributed by atoms with Crippen LogP contribution in [0.2, 0.25) is 0 Å². The second-order valence-corrected chi connectivity index (χ2v) is 5.09. The number of anilines is 2. The summed E-state index contributed by atoms with van der Waals surface area (Å²) < 4.78 is 13.8. The Balaban J connectivity index is 2.15. The maximum atomic E-state index is 13.8. The van der Waals surface area contributed by atoms with E-state index in [1.54, 1.807) is 12.1 Å². The lowest BCUT2D eigenvalue weighted by Gasteiger charge is -2.12. The number of hydrogen-bond donors (Lipinski definition) is 2. The van der Waals surface area contributed by atoms with Crippen LogP contribution in [0.15, 0.2) is 36.4 Å². The molecule has 0 aromatic heterocycles. The monoisotopic (exact) mass is 286 g/mol. The fraction of sp³-hybridized carbons (Fsp3) is 0.235. The van der Waals surface area contributed by atoms with Crippen LogP contribution in [0, 0.1) is 19.7 Å². The van der Waals surface area contributed by atoms with E-state index in [9.17, 15) is 9.18 Å². The molecule has 2 rings (SSSR count). The SMILES string of the molecule is CC(=O)Nc1ccc(F)c(NCc2cccc(C)c2C)c1. The first-order chi connectivity index (χ1) is 9.97. The fourth-order valence-electron chi connectivity index (χ4n) is 2.14. The van der Waals surface area contributed by atoms with Gasteiger partial charge in [-0.1, -0.05) is 18.2 Å². The van der Waals surface area contributed by atoms with Crippen LogP contribution in [-0.2, 0) is 11.3 Å². The molecular formula is C17H19FN2O. The van der Waals surface area contributed by atoms with Crippen molar-refractivity contribution in [3.63, 3.8) is 0 Å². The van der Waals surface area contributed by atoms with Crippen molar-refractivity contribution >= 4 is 17.3 Å². The van der Waals surface area contributed by atoms with Gasteiger partial charge in [-0.2, -0.15) is 0 Å². The normalized spacial score (nSPS) is 10.3. The van der Waals surface area contributed by atoms with Gasteiger partial charge in [0.2, 0.25) is 5.91 Å². The summed E-state index contributed by atoms with van der Waals surface area (Å²) in [5.41, 5.74) is 4.49. The van der Waals surface area contributed by atoms with E-state index < -0.39 is 0 Å². The molecule has 1 amide bonds. The largest absolute Gasteiger partial charge is 0.379 e. The smallest absolute Gasteiger partial charge is 0.221 e. The molecule has 0 aliphatic rings. The lowest BCUT2D eigenvalue weighted by molar-refractivity contribution is -0.114. The van der Waals surface area contributed by atoms with Crippen LogP contribution in [0.1, 0.15) is 23.6 Å². The molecule has 0 fully saturated rings. The van der Waals surface area contributed by atoms with Gasteiger partial charge < -0.3 is 10.6 Å². The first kappa shape index (κ1) is 15.0. The van der Waals surface area contributed by atoms with Gasteiger partial charge in [-0.25, -0.2) is 4.39 Å². The van der Waals surface area contributed by atoms with Crippen LogP contribution in [0.3, 0.4) is 0 Å². The summed E-state index contributed by atoms with van der Waals surface area (Å²) in [7, 11) is 0. The summed E-state index contributed by atoms with van der Waals surface area (Å²) in [6, 6.07) is 10.5. The molecule has 0 spiro atoms. The molecule has 3 nitrogen and oxygen atoms in total. The van der Waals surface area contributed by atoms with Crippen molar-refractivity contribution < 1.29 is 9.18 Å². The highest BCUT2D eigenvalue weighted by Gasteiger charge is 2.06. The number of amides is 1. The molecule has 2 N–H and O–H groups in total. The molecule has 2 aromatic carbocycles. The first-order valence-electron chi connectivity index (χ1n) is 6.83. The summed E-state index contributed by atoms with van der Waals surface area (Å²) in [5, 5.41) is 5.73. The number of carbonyl (C=O) groups is 1. The Morgan fingerprint density at radius 2 is 1.95 bits per heavy atom. The third-order valence-electron chi connectivity index (χ3n) is 3.47. The maximum absolute atomic E-state index is 13.8. The average molecular weight is 286 g/mol. The van der Waals surface area contributed by atoms with Crippen molar-refractivity contribution in [1.82, 2.24) is 0 Å². The molecule has 2 aromatic rings. The van der Waals surface area contributed by atoms with Crippen molar-refractivity contribution in [2.24, 2.45) is 0 Å². The Bertz CT molecular complexity index is 668. The number of hydrogen-bond acceptors (Lipinski definition) is 2. The van der Waals surface area contributed by atoms with E-state index in [-0.39, 0.29) is 11.7 Å². The molecule has 0 saturated heterocycles. The van der Waals surface area contributed by atoms with Crippen LogP contribution in [0.25, 0.3) is 0 Å². The highest BCUT2D eigenvalue weighted by molar-refractivity contribution is 5.89. The maximum Gasteiger partial charge on any atom is 0.221 e. The molecule has 0 unspecified atom stereocenters. The Kier molecular flexibility index (Phi) is 4.58. The molecule has 0 radical (unpaired) electrons. The van der Waals surface area contributed by atoms with Gasteiger partial charge in [0.05, 0.1) is 5.69 Å². The first-order valence-corrected chi connectivity index (χ1v) is 6.83. The second kappa shape index (κ2) is 6.39. The van der Waals surface area contributed by atoms with Gasteiger partial charge in [-0.3, -0.25) is 4.79 Å². The van der Waals surface area contributed by atoms with Gasteiger partial charge in [0.1, 0.15) is 5.82 Å². The van der Waals surface area contributed by atoms with E-state index in [1.807, 2.05) is 12.1 Å². The van der Waals surface area contributed by atoms with Crippen LogP contribution in [-0.4, -0.2) is 5.91 Å². The third-order valence-corrected chi connectivity index (χ3v) is 3.47. The predicted molar refractivity (Wildman–Crippen MR) is 83.9 cm³/mol. The topological polar surface area (TPSA) is 41.1 Å². The van der Waals surface area contributed by atoms with E-state index >= 15 is 0 Å². The zero-order valence-electron chi connectivity index (χ0n) is 12.5. The van der Waals surface area contributed by atoms with Crippen molar-refractivity contribution in [2.75, 3.05) is 10.6 Å². The van der Waals surface area contributed by atoms with Gasteiger partial charge in [-0.15, -0.1) is 0 Å². The molecule has 0 atom stereocenters. The lowest BCUT2D eigenvalue weighted by Crippen LogP contribution is -2.08. The van der Waals surface area contributed by atoms with Crippen molar-refractivity contribution in [3.05, 3.63) is 58.9 Å². The van der Waals surface area contributed by atoms with Crippen molar-refractivity contribution in [1.29, 1.82) is 0 Å². The minimum absolute atomic E-state index is 0.179. The van der Waals surface area contributed by atoms with Crippen molar-refractivity contribution in [2.45, 2.75) is 27.3 Å². The molecule has 21 heavy (non-hydrogen) atoms. The summed E-state index contributed by atoms with van der Waals surface area (Å²) >= 11 is 0. The summed E-state index contributed by atoms with van der Waals surface area (Å²) in [6.45, 7) is 6.06. The quantitative estimate of drug-likeness (QED) is 0.891.